The van der Waals surface area contributed by atoms with Crippen LogP contribution < -0.4 is 10.1 Å². The topological polar surface area (TPSA) is 21.3 Å². The first-order chi connectivity index (χ1) is 8.83. The molecule has 1 aliphatic carbocycles. The Kier molecular flexibility index (Phi) is 5.06. The van der Waals surface area contributed by atoms with Crippen LogP contribution in [0.2, 0.25) is 0 Å². The lowest BCUT2D eigenvalue weighted by atomic mass is 9.79. The number of rotatable bonds is 7. The van der Waals surface area contributed by atoms with Gasteiger partial charge in [-0.05, 0) is 43.0 Å². The summed E-state index contributed by atoms with van der Waals surface area (Å²) in [6, 6.07) is 8.99. The van der Waals surface area contributed by atoms with Gasteiger partial charge in [-0.3, -0.25) is 0 Å². The zero-order chi connectivity index (χ0) is 12.8. The van der Waals surface area contributed by atoms with Crippen molar-refractivity contribution in [2.24, 2.45) is 5.92 Å². The van der Waals surface area contributed by atoms with E-state index in [1.807, 2.05) is 6.07 Å². The maximum atomic E-state index is 5.33. The van der Waals surface area contributed by atoms with Crippen LogP contribution in [0.4, 0.5) is 0 Å². The fraction of sp³-hybridized carbons (Fsp3) is 0.625. The van der Waals surface area contributed by atoms with Crippen molar-refractivity contribution in [3.05, 3.63) is 29.8 Å². The van der Waals surface area contributed by atoms with Gasteiger partial charge in [0.2, 0.25) is 0 Å². The molecular weight excluding hydrogens is 222 g/mol. The molecule has 0 aromatic heterocycles. The fourth-order valence-corrected chi connectivity index (χ4v) is 2.58. The lowest BCUT2D eigenvalue weighted by molar-refractivity contribution is 0.261. The van der Waals surface area contributed by atoms with Crippen LogP contribution in [0.15, 0.2) is 24.3 Å². The molecule has 1 aromatic rings. The summed E-state index contributed by atoms with van der Waals surface area (Å²) in [6.45, 7) is 3.31. The molecule has 1 unspecified atom stereocenters. The normalized spacial score (nSPS) is 17.2. The van der Waals surface area contributed by atoms with E-state index in [4.69, 9.17) is 4.74 Å². The van der Waals surface area contributed by atoms with Crippen molar-refractivity contribution >= 4 is 0 Å². The van der Waals surface area contributed by atoms with E-state index in [-0.39, 0.29) is 0 Å². The zero-order valence-electron chi connectivity index (χ0n) is 11.6. The number of hydrogen-bond donors (Lipinski definition) is 1. The molecule has 1 fully saturated rings. The molecule has 1 N–H and O–H groups in total. The maximum Gasteiger partial charge on any atom is 0.119 e. The van der Waals surface area contributed by atoms with Gasteiger partial charge in [-0.1, -0.05) is 38.3 Å². The summed E-state index contributed by atoms with van der Waals surface area (Å²) in [5, 5.41) is 3.68. The molecule has 1 aliphatic rings. The zero-order valence-corrected chi connectivity index (χ0v) is 11.6. The monoisotopic (exact) mass is 247 g/mol. The first kappa shape index (κ1) is 13.4. The Morgan fingerprint density at radius 1 is 1.39 bits per heavy atom. The molecule has 18 heavy (non-hydrogen) atoms. The van der Waals surface area contributed by atoms with Crippen LogP contribution in [0.1, 0.15) is 50.6 Å². The van der Waals surface area contributed by atoms with Crippen LogP contribution in [0.5, 0.6) is 5.75 Å². The van der Waals surface area contributed by atoms with Crippen molar-refractivity contribution in [3.8, 4) is 5.75 Å². The number of nitrogens with one attached hydrogen (secondary N) is 1. The second-order valence-corrected chi connectivity index (χ2v) is 5.32. The molecule has 2 heteroatoms. The molecule has 2 nitrogen and oxygen atoms in total. The molecule has 0 saturated heterocycles. The van der Waals surface area contributed by atoms with E-state index >= 15 is 0 Å². The van der Waals surface area contributed by atoms with Crippen LogP contribution in [-0.4, -0.2) is 13.7 Å². The fourth-order valence-electron chi connectivity index (χ4n) is 2.58. The van der Waals surface area contributed by atoms with E-state index in [1.165, 1.54) is 37.7 Å². The summed E-state index contributed by atoms with van der Waals surface area (Å²) in [7, 11) is 1.74. The molecule has 1 aromatic carbocycles. The van der Waals surface area contributed by atoms with Gasteiger partial charge in [0, 0.05) is 6.04 Å². The van der Waals surface area contributed by atoms with Crippen molar-refractivity contribution in [3.63, 3.8) is 0 Å². The lowest BCUT2D eigenvalue weighted by Crippen LogP contribution is -2.26. The predicted molar refractivity (Wildman–Crippen MR) is 76.0 cm³/mol. The van der Waals surface area contributed by atoms with Gasteiger partial charge in [0.25, 0.3) is 0 Å². The van der Waals surface area contributed by atoms with E-state index in [2.05, 4.69) is 30.4 Å². The third kappa shape index (κ3) is 3.49. The number of benzene rings is 1. The Bertz CT molecular complexity index is 360. The van der Waals surface area contributed by atoms with Crippen LogP contribution in [0.25, 0.3) is 0 Å². The molecule has 1 atom stereocenters. The van der Waals surface area contributed by atoms with Gasteiger partial charge >= 0.3 is 0 Å². The summed E-state index contributed by atoms with van der Waals surface area (Å²) in [6.07, 6.45) is 6.70. The van der Waals surface area contributed by atoms with E-state index in [0.717, 1.165) is 18.2 Å². The van der Waals surface area contributed by atoms with Gasteiger partial charge in [0.1, 0.15) is 5.75 Å². The number of hydrogen-bond acceptors (Lipinski definition) is 2. The summed E-state index contributed by atoms with van der Waals surface area (Å²) >= 11 is 0. The Morgan fingerprint density at radius 3 is 2.83 bits per heavy atom. The first-order valence-electron chi connectivity index (χ1n) is 7.20. The van der Waals surface area contributed by atoms with Crippen molar-refractivity contribution < 1.29 is 4.74 Å². The molecule has 0 spiro atoms. The largest absolute Gasteiger partial charge is 0.497 e. The molecule has 0 bridgehead atoms. The minimum absolute atomic E-state index is 0.491. The maximum absolute atomic E-state index is 5.33. The molecule has 2 rings (SSSR count). The standard InChI is InChI=1S/C16H25NO/c1-3-10-17-16(11-13-6-4-7-13)14-8-5-9-15(12-14)18-2/h5,8-9,12-13,16-17H,3-4,6-7,10-11H2,1-2H3. The minimum atomic E-state index is 0.491. The van der Waals surface area contributed by atoms with Crippen LogP contribution >= 0.6 is 0 Å². The van der Waals surface area contributed by atoms with Crippen molar-refractivity contribution in [1.29, 1.82) is 0 Å². The van der Waals surface area contributed by atoms with Gasteiger partial charge in [-0.25, -0.2) is 0 Å². The summed E-state index contributed by atoms with van der Waals surface area (Å²) in [4.78, 5) is 0. The molecule has 100 valence electrons. The summed E-state index contributed by atoms with van der Waals surface area (Å²) in [5.41, 5.74) is 1.37. The highest BCUT2D eigenvalue weighted by atomic mass is 16.5. The lowest BCUT2D eigenvalue weighted by Gasteiger charge is -2.30. The highest BCUT2D eigenvalue weighted by Gasteiger charge is 2.22. The highest BCUT2D eigenvalue weighted by Crippen LogP contribution is 2.35. The second kappa shape index (κ2) is 6.79. The van der Waals surface area contributed by atoms with E-state index in [0.29, 0.717) is 6.04 Å². The van der Waals surface area contributed by atoms with Gasteiger partial charge in [-0.2, -0.15) is 0 Å². The van der Waals surface area contributed by atoms with Gasteiger partial charge in [-0.15, -0.1) is 0 Å². The van der Waals surface area contributed by atoms with E-state index in [9.17, 15) is 0 Å². The van der Waals surface area contributed by atoms with Crippen LogP contribution in [0.3, 0.4) is 0 Å². The third-order valence-electron chi connectivity index (χ3n) is 3.93. The third-order valence-corrected chi connectivity index (χ3v) is 3.93. The number of ether oxygens (including phenoxy) is 1. The minimum Gasteiger partial charge on any atom is -0.497 e. The average Bonchev–Trinajstić information content (AvgIpc) is 2.37. The van der Waals surface area contributed by atoms with Crippen molar-refractivity contribution in [2.45, 2.75) is 45.1 Å². The summed E-state index contributed by atoms with van der Waals surface area (Å²) < 4.78 is 5.33. The second-order valence-electron chi connectivity index (χ2n) is 5.32. The van der Waals surface area contributed by atoms with Gasteiger partial charge in [0.05, 0.1) is 7.11 Å². The average molecular weight is 247 g/mol. The molecule has 0 amide bonds. The van der Waals surface area contributed by atoms with Gasteiger partial charge < -0.3 is 10.1 Å². The summed E-state index contributed by atoms with van der Waals surface area (Å²) in [5.74, 6) is 1.88. The Labute approximate surface area is 111 Å². The molecular formula is C16H25NO. The van der Waals surface area contributed by atoms with E-state index < -0.39 is 0 Å². The smallest absolute Gasteiger partial charge is 0.119 e. The first-order valence-corrected chi connectivity index (χ1v) is 7.20. The SMILES string of the molecule is CCCNC(CC1CCC1)c1cccc(OC)c1. The predicted octanol–water partition coefficient (Wildman–Crippen LogP) is 3.93. The number of methoxy groups -OCH3 is 1. The molecule has 0 heterocycles. The quantitative estimate of drug-likeness (QED) is 0.788. The Morgan fingerprint density at radius 2 is 2.22 bits per heavy atom. The molecule has 0 radical (unpaired) electrons. The Hall–Kier alpha value is -1.02. The van der Waals surface area contributed by atoms with E-state index in [1.54, 1.807) is 7.11 Å². The Balaban J connectivity index is 2.04. The highest BCUT2D eigenvalue weighted by molar-refractivity contribution is 5.30. The van der Waals surface area contributed by atoms with Crippen LogP contribution in [-0.2, 0) is 0 Å². The van der Waals surface area contributed by atoms with Crippen molar-refractivity contribution in [2.75, 3.05) is 13.7 Å². The molecule has 0 aliphatic heterocycles. The molecule has 1 saturated carbocycles. The van der Waals surface area contributed by atoms with Crippen molar-refractivity contribution in [1.82, 2.24) is 5.32 Å². The van der Waals surface area contributed by atoms with Gasteiger partial charge in [0.15, 0.2) is 0 Å². The van der Waals surface area contributed by atoms with Crippen LogP contribution in [0, 0.1) is 5.92 Å².